The summed E-state index contributed by atoms with van der Waals surface area (Å²) in [5, 5.41) is 5.27. The van der Waals surface area contributed by atoms with Crippen molar-refractivity contribution in [1.82, 2.24) is 14.5 Å². The molecule has 0 aromatic carbocycles. The zero-order valence-corrected chi connectivity index (χ0v) is 14.6. The van der Waals surface area contributed by atoms with Crippen LogP contribution < -0.4 is 10.9 Å². The van der Waals surface area contributed by atoms with Crippen molar-refractivity contribution in [3.8, 4) is 0 Å². The van der Waals surface area contributed by atoms with Crippen molar-refractivity contribution in [3.63, 3.8) is 0 Å². The minimum absolute atomic E-state index is 0.0861. The molecule has 1 amide bonds. The number of nitrogens with one attached hydrogen (secondary N) is 1. The first-order valence-corrected chi connectivity index (χ1v) is 8.71. The SMILES string of the molecule is Cn1ccnc(NCC2CN(C(=O)c3sccc3Cl)CCO2)c1=O. The van der Waals surface area contributed by atoms with Crippen LogP contribution in [0.25, 0.3) is 0 Å². The molecule has 0 spiro atoms. The maximum atomic E-state index is 12.5. The fraction of sp³-hybridized carbons (Fsp3) is 0.400. The Morgan fingerprint density at radius 3 is 3.17 bits per heavy atom. The predicted molar refractivity (Wildman–Crippen MR) is 92.9 cm³/mol. The van der Waals surface area contributed by atoms with E-state index >= 15 is 0 Å². The molecule has 1 unspecified atom stereocenters. The second-order valence-corrected chi connectivity index (χ2v) is 6.74. The summed E-state index contributed by atoms with van der Waals surface area (Å²) >= 11 is 7.37. The normalized spacial score (nSPS) is 17.8. The van der Waals surface area contributed by atoms with Crippen LogP contribution in [0.4, 0.5) is 5.82 Å². The summed E-state index contributed by atoms with van der Waals surface area (Å²) in [7, 11) is 1.66. The molecule has 3 heterocycles. The molecular weight excluding hydrogens is 352 g/mol. The Morgan fingerprint density at radius 1 is 1.58 bits per heavy atom. The number of morpholine rings is 1. The molecule has 3 rings (SSSR count). The Morgan fingerprint density at radius 2 is 2.42 bits per heavy atom. The van der Waals surface area contributed by atoms with Gasteiger partial charge in [-0.1, -0.05) is 11.6 Å². The van der Waals surface area contributed by atoms with Gasteiger partial charge in [0.25, 0.3) is 11.5 Å². The largest absolute Gasteiger partial charge is 0.373 e. The lowest BCUT2D eigenvalue weighted by Gasteiger charge is -2.33. The first-order valence-electron chi connectivity index (χ1n) is 7.45. The van der Waals surface area contributed by atoms with Gasteiger partial charge in [-0.25, -0.2) is 4.98 Å². The smallest absolute Gasteiger partial charge is 0.293 e. The van der Waals surface area contributed by atoms with Crippen LogP contribution in [-0.4, -0.2) is 52.7 Å². The number of carbonyl (C=O) groups excluding carboxylic acids is 1. The average molecular weight is 369 g/mol. The van der Waals surface area contributed by atoms with Gasteiger partial charge in [0.1, 0.15) is 4.88 Å². The Hall–Kier alpha value is -1.90. The van der Waals surface area contributed by atoms with E-state index in [0.29, 0.717) is 36.1 Å². The summed E-state index contributed by atoms with van der Waals surface area (Å²) in [4.78, 5) is 30.7. The lowest BCUT2D eigenvalue weighted by atomic mass is 10.2. The summed E-state index contributed by atoms with van der Waals surface area (Å²) in [6.07, 6.45) is 2.93. The molecule has 7 nitrogen and oxygen atoms in total. The highest BCUT2D eigenvalue weighted by molar-refractivity contribution is 7.12. The zero-order chi connectivity index (χ0) is 17.1. The monoisotopic (exact) mass is 368 g/mol. The highest BCUT2D eigenvalue weighted by Gasteiger charge is 2.27. The molecular formula is C15H17ClN4O3S. The van der Waals surface area contributed by atoms with E-state index in [-0.39, 0.29) is 23.4 Å². The highest BCUT2D eigenvalue weighted by Crippen LogP contribution is 2.24. The van der Waals surface area contributed by atoms with E-state index in [0.717, 1.165) is 0 Å². The molecule has 0 bridgehead atoms. The van der Waals surface area contributed by atoms with E-state index in [1.54, 1.807) is 35.8 Å². The molecule has 1 aliphatic heterocycles. The fourth-order valence-electron chi connectivity index (χ4n) is 2.45. The van der Waals surface area contributed by atoms with Crippen LogP contribution in [0, 0.1) is 0 Å². The van der Waals surface area contributed by atoms with Crippen molar-refractivity contribution in [1.29, 1.82) is 0 Å². The van der Waals surface area contributed by atoms with Crippen molar-refractivity contribution >= 4 is 34.7 Å². The topological polar surface area (TPSA) is 76.5 Å². The molecule has 0 aliphatic carbocycles. The Kier molecular flexibility index (Phi) is 5.17. The fourth-order valence-corrected chi connectivity index (χ4v) is 3.55. The molecule has 0 radical (unpaired) electrons. The van der Waals surface area contributed by atoms with Gasteiger partial charge in [0.05, 0.1) is 17.7 Å². The van der Waals surface area contributed by atoms with E-state index in [2.05, 4.69) is 10.3 Å². The number of halogens is 1. The Labute approximate surface area is 147 Å². The van der Waals surface area contributed by atoms with Crippen LogP contribution in [0.5, 0.6) is 0 Å². The molecule has 128 valence electrons. The number of nitrogens with zero attached hydrogens (tertiary/aromatic N) is 3. The van der Waals surface area contributed by atoms with Crippen molar-refractivity contribution in [3.05, 3.63) is 44.1 Å². The van der Waals surface area contributed by atoms with Crippen molar-refractivity contribution in [2.24, 2.45) is 7.05 Å². The standard InChI is InChI=1S/C15H17ClN4O3S/c1-19-4-3-17-13(15(19)22)18-8-10-9-20(5-6-23-10)14(21)12-11(16)2-7-24-12/h2-4,7,10H,5-6,8-9H2,1H3,(H,17,18). The molecule has 0 saturated carbocycles. The molecule has 2 aromatic rings. The molecule has 1 fully saturated rings. The van der Waals surface area contributed by atoms with Crippen LogP contribution in [0.15, 0.2) is 28.6 Å². The van der Waals surface area contributed by atoms with E-state index in [9.17, 15) is 9.59 Å². The lowest BCUT2D eigenvalue weighted by molar-refractivity contribution is -0.0148. The maximum Gasteiger partial charge on any atom is 0.293 e. The van der Waals surface area contributed by atoms with Crippen LogP contribution in [0.1, 0.15) is 9.67 Å². The molecule has 1 atom stereocenters. The Bertz CT molecular complexity index is 791. The first-order chi connectivity index (χ1) is 11.6. The minimum atomic E-state index is -0.215. The summed E-state index contributed by atoms with van der Waals surface area (Å²) in [5.41, 5.74) is -0.202. The number of thiophene rings is 1. The second-order valence-electron chi connectivity index (χ2n) is 5.41. The van der Waals surface area contributed by atoms with E-state index in [1.807, 2.05) is 0 Å². The number of aryl methyl sites for hydroxylation is 1. The van der Waals surface area contributed by atoms with Crippen molar-refractivity contribution < 1.29 is 9.53 Å². The van der Waals surface area contributed by atoms with Crippen LogP contribution >= 0.6 is 22.9 Å². The van der Waals surface area contributed by atoms with Gasteiger partial charge in [-0.15, -0.1) is 11.3 Å². The average Bonchev–Trinajstić information content (AvgIpc) is 3.02. The predicted octanol–water partition coefficient (Wildman–Crippen LogP) is 1.45. The third-order valence-corrected chi connectivity index (χ3v) is 5.08. The summed E-state index contributed by atoms with van der Waals surface area (Å²) in [6.45, 7) is 1.80. The van der Waals surface area contributed by atoms with Gasteiger partial charge < -0.3 is 19.5 Å². The summed E-state index contributed by atoms with van der Waals surface area (Å²) in [5.74, 6) is 0.186. The molecule has 24 heavy (non-hydrogen) atoms. The number of amides is 1. The molecule has 2 aromatic heterocycles. The number of anilines is 1. The van der Waals surface area contributed by atoms with E-state index in [1.165, 1.54) is 15.9 Å². The maximum absolute atomic E-state index is 12.5. The van der Waals surface area contributed by atoms with Crippen molar-refractivity contribution in [2.75, 3.05) is 31.6 Å². The van der Waals surface area contributed by atoms with Gasteiger partial charge in [0.15, 0.2) is 5.82 Å². The summed E-state index contributed by atoms with van der Waals surface area (Å²) in [6, 6.07) is 1.72. The van der Waals surface area contributed by atoms with Gasteiger partial charge in [-0.05, 0) is 11.4 Å². The molecule has 1 aliphatic rings. The van der Waals surface area contributed by atoms with E-state index in [4.69, 9.17) is 16.3 Å². The third-order valence-electron chi connectivity index (χ3n) is 3.75. The van der Waals surface area contributed by atoms with Gasteiger partial charge in [-0.2, -0.15) is 0 Å². The van der Waals surface area contributed by atoms with Crippen molar-refractivity contribution in [2.45, 2.75) is 6.10 Å². The van der Waals surface area contributed by atoms with Crippen LogP contribution in [-0.2, 0) is 11.8 Å². The lowest BCUT2D eigenvalue weighted by Crippen LogP contribution is -2.48. The van der Waals surface area contributed by atoms with Gasteiger partial charge in [0.2, 0.25) is 0 Å². The van der Waals surface area contributed by atoms with E-state index < -0.39 is 0 Å². The first kappa shape index (κ1) is 16.9. The van der Waals surface area contributed by atoms with Crippen LogP contribution in [0.2, 0.25) is 5.02 Å². The second kappa shape index (κ2) is 7.33. The number of carbonyl (C=O) groups is 1. The third kappa shape index (κ3) is 3.61. The Balaban J connectivity index is 1.62. The van der Waals surface area contributed by atoms with Gasteiger partial charge in [-0.3, -0.25) is 9.59 Å². The van der Waals surface area contributed by atoms with Gasteiger partial charge >= 0.3 is 0 Å². The number of hydrogen-bond donors (Lipinski definition) is 1. The zero-order valence-electron chi connectivity index (χ0n) is 13.1. The number of ether oxygens (including phenoxy) is 1. The highest BCUT2D eigenvalue weighted by atomic mass is 35.5. The quantitative estimate of drug-likeness (QED) is 0.883. The molecule has 9 heteroatoms. The van der Waals surface area contributed by atoms with Crippen LogP contribution in [0.3, 0.4) is 0 Å². The van der Waals surface area contributed by atoms with Gasteiger partial charge in [0, 0.05) is 39.1 Å². The summed E-state index contributed by atoms with van der Waals surface area (Å²) < 4.78 is 7.13. The number of rotatable bonds is 4. The molecule has 1 N–H and O–H groups in total. The minimum Gasteiger partial charge on any atom is -0.373 e. The number of hydrogen-bond acceptors (Lipinski definition) is 6. The number of aromatic nitrogens is 2. The molecule has 1 saturated heterocycles.